The van der Waals surface area contributed by atoms with Gasteiger partial charge in [0.2, 0.25) is 0 Å². The maximum Gasteiger partial charge on any atom is 0.339 e. The van der Waals surface area contributed by atoms with Crippen molar-refractivity contribution in [3.8, 4) is 0 Å². The minimum absolute atomic E-state index is 0.127. The lowest BCUT2D eigenvalue weighted by Gasteiger charge is -2.22. The molecule has 0 N–H and O–H groups in total. The summed E-state index contributed by atoms with van der Waals surface area (Å²) in [6.07, 6.45) is 0. The first-order valence-corrected chi connectivity index (χ1v) is 9.35. The minimum Gasteiger partial charge on any atom is -0.462 e. The molecule has 0 fully saturated rings. The van der Waals surface area contributed by atoms with Gasteiger partial charge < -0.3 is 4.74 Å². The van der Waals surface area contributed by atoms with Gasteiger partial charge in [0.1, 0.15) is 0 Å². The highest BCUT2D eigenvalue weighted by Gasteiger charge is 2.35. The van der Waals surface area contributed by atoms with Crippen molar-refractivity contribution >= 4 is 44.2 Å². The Labute approximate surface area is 164 Å². The first-order chi connectivity index (χ1) is 12.9. The predicted octanol–water partition coefficient (Wildman–Crippen LogP) is 4.86. The molecule has 4 rings (SSSR count). The van der Waals surface area contributed by atoms with Gasteiger partial charge in [0.05, 0.1) is 12.2 Å². The third-order valence-corrected chi connectivity index (χ3v) is 5.25. The average Bonchev–Trinajstić information content (AvgIpc) is 2.65. The first kappa shape index (κ1) is 17.6. The molecule has 0 amide bonds. The molecule has 0 heterocycles. The zero-order valence-corrected chi connectivity index (χ0v) is 16.3. The van der Waals surface area contributed by atoms with Gasteiger partial charge in [-0.3, -0.25) is 9.59 Å². The van der Waals surface area contributed by atoms with Crippen molar-refractivity contribution in [2.75, 3.05) is 6.61 Å². The summed E-state index contributed by atoms with van der Waals surface area (Å²) in [6, 6.07) is 12.1. The third kappa shape index (κ3) is 2.61. The number of halogens is 1. The second-order valence-corrected chi connectivity index (χ2v) is 7.33. The molecular formula is C22H15BrO4. The number of ketones is 2. The van der Waals surface area contributed by atoms with Crippen molar-refractivity contribution < 1.29 is 19.1 Å². The Bertz CT molecular complexity index is 1160. The minimum atomic E-state index is -0.600. The van der Waals surface area contributed by atoms with Crippen molar-refractivity contribution in [3.05, 3.63) is 80.3 Å². The summed E-state index contributed by atoms with van der Waals surface area (Å²) in [7, 11) is 0. The predicted molar refractivity (Wildman–Crippen MR) is 106 cm³/mol. The SMILES string of the molecule is CCOC(=O)c1c2c(cc3c(C)cc(Br)cc13)C(=O)c1ccccc1C2=O. The molecule has 0 aliphatic heterocycles. The molecule has 0 spiro atoms. The van der Waals surface area contributed by atoms with E-state index < -0.39 is 5.97 Å². The van der Waals surface area contributed by atoms with Crippen LogP contribution in [0.3, 0.4) is 0 Å². The van der Waals surface area contributed by atoms with Crippen LogP contribution in [-0.4, -0.2) is 24.1 Å². The molecule has 27 heavy (non-hydrogen) atoms. The Morgan fingerprint density at radius 3 is 2.30 bits per heavy atom. The molecule has 0 unspecified atom stereocenters. The zero-order valence-electron chi connectivity index (χ0n) is 14.8. The van der Waals surface area contributed by atoms with Crippen LogP contribution in [0.4, 0.5) is 0 Å². The van der Waals surface area contributed by atoms with E-state index in [1.807, 2.05) is 13.0 Å². The van der Waals surface area contributed by atoms with E-state index in [0.717, 1.165) is 15.4 Å². The number of carbonyl (C=O) groups excluding carboxylic acids is 3. The van der Waals surface area contributed by atoms with E-state index in [1.165, 1.54) is 0 Å². The Balaban J connectivity index is 2.16. The van der Waals surface area contributed by atoms with E-state index in [9.17, 15) is 14.4 Å². The third-order valence-electron chi connectivity index (χ3n) is 4.80. The lowest BCUT2D eigenvalue weighted by Crippen LogP contribution is -2.25. The summed E-state index contributed by atoms with van der Waals surface area (Å²) in [5.41, 5.74) is 2.10. The Kier molecular flexibility index (Phi) is 4.19. The highest BCUT2D eigenvalue weighted by molar-refractivity contribution is 9.10. The summed E-state index contributed by atoms with van der Waals surface area (Å²) in [4.78, 5) is 39.1. The largest absolute Gasteiger partial charge is 0.462 e. The van der Waals surface area contributed by atoms with Gasteiger partial charge in [-0.1, -0.05) is 40.2 Å². The molecule has 134 valence electrons. The molecule has 0 saturated heterocycles. The maximum absolute atomic E-state index is 13.2. The van der Waals surface area contributed by atoms with Crippen LogP contribution in [0.2, 0.25) is 0 Å². The molecule has 0 radical (unpaired) electrons. The Morgan fingerprint density at radius 1 is 0.963 bits per heavy atom. The van der Waals surface area contributed by atoms with Gasteiger partial charge >= 0.3 is 5.97 Å². The molecule has 0 atom stereocenters. The number of ether oxygens (including phenoxy) is 1. The normalized spacial score (nSPS) is 12.7. The van der Waals surface area contributed by atoms with E-state index in [0.29, 0.717) is 16.5 Å². The van der Waals surface area contributed by atoms with Crippen LogP contribution in [0.25, 0.3) is 10.8 Å². The summed E-state index contributed by atoms with van der Waals surface area (Å²) in [5, 5.41) is 1.35. The quantitative estimate of drug-likeness (QED) is 0.432. The molecule has 5 heteroatoms. The van der Waals surface area contributed by atoms with E-state index >= 15 is 0 Å². The van der Waals surface area contributed by atoms with Crippen LogP contribution in [0.1, 0.15) is 54.7 Å². The van der Waals surface area contributed by atoms with Gasteiger partial charge in [-0.15, -0.1) is 0 Å². The van der Waals surface area contributed by atoms with Crippen LogP contribution in [0, 0.1) is 6.92 Å². The van der Waals surface area contributed by atoms with Crippen LogP contribution in [0.15, 0.2) is 46.9 Å². The number of fused-ring (bicyclic) bond motifs is 3. The Morgan fingerprint density at radius 2 is 1.63 bits per heavy atom. The lowest BCUT2D eigenvalue weighted by molar-refractivity contribution is 0.0526. The van der Waals surface area contributed by atoms with Gasteiger partial charge in [0, 0.05) is 26.7 Å². The fourth-order valence-corrected chi connectivity index (χ4v) is 4.20. The second kappa shape index (κ2) is 6.43. The number of aryl methyl sites for hydroxylation is 1. The van der Waals surface area contributed by atoms with E-state index in [4.69, 9.17) is 4.74 Å². The number of rotatable bonds is 2. The van der Waals surface area contributed by atoms with Crippen molar-refractivity contribution in [2.24, 2.45) is 0 Å². The molecule has 0 aromatic heterocycles. The number of benzene rings is 3. The monoisotopic (exact) mass is 422 g/mol. The van der Waals surface area contributed by atoms with Gasteiger partial charge in [0.25, 0.3) is 0 Å². The van der Waals surface area contributed by atoms with E-state index in [-0.39, 0.29) is 34.9 Å². The number of esters is 1. The molecule has 4 nitrogen and oxygen atoms in total. The van der Waals surface area contributed by atoms with E-state index in [1.54, 1.807) is 43.3 Å². The van der Waals surface area contributed by atoms with Crippen LogP contribution < -0.4 is 0 Å². The molecule has 0 saturated carbocycles. The molecule has 3 aromatic carbocycles. The number of hydrogen-bond acceptors (Lipinski definition) is 4. The van der Waals surface area contributed by atoms with Gasteiger partial charge in [-0.2, -0.15) is 0 Å². The topological polar surface area (TPSA) is 60.4 Å². The maximum atomic E-state index is 13.2. The van der Waals surface area contributed by atoms with Crippen LogP contribution >= 0.6 is 15.9 Å². The summed E-state index contributed by atoms with van der Waals surface area (Å²) in [6.45, 7) is 3.78. The van der Waals surface area contributed by atoms with Crippen molar-refractivity contribution in [3.63, 3.8) is 0 Å². The summed E-state index contributed by atoms with van der Waals surface area (Å²) in [5.74, 6) is -1.19. The van der Waals surface area contributed by atoms with E-state index in [2.05, 4.69) is 15.9 Å². The second-order valence-electron chi connectivity index (χ2n) is 6.42. The fraction of sp³-hybridized carbons (Fsp3) is 0.136. The first-order valence-electron chi connectivity index (χ1n) is 8.56. The van der Waals surface area contributed by atoms with Crippen molar-refractivity contribution in [1.29, 1.82) is 0 Å². The summed E-state index contributed by atoms with van der Waals surface area (Å²) >= 11 is 3.45. The molecule has 1 aliphatic carbocycles. The lowest BCUT2D eigenvalue weighted by atomic mass is 9.79. The van der Waals surface area contributed by atoms with Crippen LogP contribution in [0.5, 0.6) is 0 Å². The molecule has 1 aliphatic rings. The standard InChI is InChI=1S/C22H15BrO4/c1-3-27-22(26)19-16-9-12(23)8-11(2)15(16)10-17-18(19)21(25)14-7-5-4-6-13(14)20(17)24/h4-10H,3H2,1-2H3. The fourth-order valence-electron chi connectivity index (χ4n) is 3.63. The van der Waals surface area contributed by atoms with Crippen molar-refractivity contribution in [2.45, 2.75) is 13.8 Å². The van der Waals surface area contributed by atoms with Crippen molar-refractivity contribution in [1.82, 2.24) is 0 Å². The average molecular weight is 423 g/mol. The van der Waals surface area contributed by atoms with Gasteiger partial charge in [-0.05, 0) is 48.4 Å². The van der Waals surface area contributed by atoms with Gasteiger partial charge in [-0.25, -0.2) is 4.79 Å². The summed E-state index contributed by atoms with van der Waals surface area (Å²) < 4.78 is 6.02. The Hall–Kier alpha value is -2.79. The molecule has 3 aromatic rings. The van der Waals surface area contributed by atoms with Gasteiger partial charge in [0.15, 0.2) is 11.6 Å². The number of hydrogen-bond donors (Lipinski definition) is 0. The van der Waals surface area contributed by atoms with Crippen LogP contribution in [-0.2, 0) is 4.74 Å². The smallest absolute Gasteiger partial charge is 0.339 e. The highest BCUT2D eigenvalue weighted by Crippen LogP contribution is 2.37. The zero-order chi connectivity index (χ0) is 19.3. The molecule has 0 bridgehead atoms. The highest BCUT2D eigenvalue weighted by atomic mass is 79.9. The number of carbonyl (C=O) groups is 3. The molecular weight excluding hydrogens is 408 g/mol.